The number of anilines is 1. The Hall–Kier alpha value is -2.29. The highest BCUT2D eigenvalue weighted by Crippen LogP contribution is 2.37. The summed E-state index contributed by atoms with van der Waals surface area (Å²) in [5, 5.41) is 12.2. The van der Waals surface area contributed by atoms with Gasteiger partial charge < -0.3 is 10.4 Å². The molecule has 0 aliphatic heterocycles. The van der Waals surface area contributed by atoms with Crippen LogP contribution in [0.15, 0.2) is 42.5 Å². The van der Waals surface area contributed by atoms with Crippen molar-refractivity contribution in [3.63, 3.8) is 0 Å². The Labute approximate surface area is 118 Å². The van der Waals surface area contributed by atoms with Crippen molar-refractivity contribution >= 4 is 11.7 Å². The van der Waals surface area contributed by atoms with Crippen molar-refractivity contribution in [2.24, 2.45) is 0 Å². The summed E-state index contributed by atoms with van der Waals surface area (Å²) in [5.41, 5.74) is 6.03. The van der Waals surface area contributed by atoms with Crippen LogP contribution in [0.4, 0.5) is 5.69 Å². The van der Waals surface area contributed by atoms with Crippen molar-refractivity contribution in [1.29, 1.82) is 0 Å². The topological polar surface area (TPSA) is 49.3 Å². The summed E-state index contributed by atoms with van der Waals surface area (Å²) in [6, 6.07) is 14.0. The normalized spacial score (nSPS) is 13.4. The third-order valence-electron chi connectivity index (χ3n) is 3.84. The number of rotatable bonds is 4. The van der Waals surface area contributed by atoms with E-state index in [-0.39, 0.29) is 0 Å². The smallest absolute Gasteiger partial charge is 0.326 e. The molecule has 0 saturated heterocycles. The molecule has 0 aromatic heterocycles. The molecule has 1 unspecified atom stereocenters. The Morgan fingerprint density at radius 3 is 2.70 bits per heavy atom. The molecular weight excluding hydrogens is 250 g/mol. The molecule has 2 N–H and O–H groups in total. The van der Waals surface area contributed by atoms with Crippen molar-refractivity contribution in [3.8, 4) is 11.1 Å². The van der Waals surface area contributed by atoms with Gasteiger partial charge in [-0.15, -0.1) is 0 Å². The Kier molecular flexibility index (Phi) is 3.18. The van der Waals surface area contributed by atoms with Crippen molar-refractivity contribution in [2.45, 2.75) is 25.8 Å². The third kappa shape index (κ3) is 2.16. The number of carboxylic acids is 1. The maximum absolute atomic E-state index is 11.1. The van der Waals surface area contributed by atoms with Crippen LogP contribution in [-0.4, -0.2) is 17.1 Å². The van der Waals surface area contributed by atoms with E-state index in [1.807, 2.05) is 13.0 Å². The predicted molar refractivity (Wildman–Crippen MR) is 80.0 cm³/mol. The average Bonchev–Trinajstić information content (AvgIpc) is 2.82. The van der Waals surface area contributed by atoms with Gasteiger partial charge in [-0.2, -0.15) is 0 Å². The molecule has 3 nitrogen and oxygen atoms in total. The predicted octanol–water partition coefficient (Wildman–Crippen LogP) is 3.53. The molecule has 20 heavy (non-hydrogen) atoms. The molecule has 102 valence electrons. The van der Waals surface area contributed by atoms with Crippen LogP contribution in [0.2, 0.25) is 0 Å². The zero-order valence-electron chi connectivity index (χ0n) is 11.4. The van der Waals surface area contributed by atoms with Gasteiger partial charge in [0.1, 0.15) is 6.04 Å². The summed E-state index contributed by atoms with van der Waals surface area (Å²) in [5.74, 6) is -0.809. The largest absolute Gasteiger partial charge is 0.480 e. The zero-order valence-corrected chi connectivity index (χ0v) is 11.4. The second kappa shape index (κ2) is 5.00. The fraction of sp³-hybridized carbons (Fsp3) is 0.235. The highest BCUT2D eigenvalue weighted by atomic mass is 16.4. The molecule has 0 spiro atoms. The summed E-state index contributed by atoms with van der Waals surface area (Å²) in [6.45, 7) is 1.87. The van der Waals surface area contributed by atoms with Crippen LogP contribution in [0.1, 0.15) is 24.5 Å². The van der Waals surface area contributed by atoms with E-state index in [1.54, 1.807) is 0 Å². The third-order valence-corrected chi connectivity index (χ3v) is 3.84. The van der Waals surface area contributed by atoms with Gasteiger partial charge in [-0.3, -0.25) is 0 Å². The van der Waals surface area contributed by atoms with Crippen molar-refractivity contribution in [3.05, 3.63) is 53.6 Å². The molecule has 0 radical (unpaired) electrons. The number of fused-ring (bicyclic) bond motifs is 3. The van der Waals surface area contributed by atoms with Crippen molar-refractivity contribution in [1.82, 2.24) is 0 Å². The van der Waals surface area contributed by atoms with Gasteiger partial charge in [0, 0.05) is 5.69 Å². The molecular formula is C17H17NO2. The van der Waals surface area contributed by atoms with Gasteiger partial charge in [0.15, 0.2) is 0 Å². The minimum Gasteiger partial charge on any atom is -0.480 e. The molecule has 0 heterocycles. The van der Waals surface area contributed by atoms with Crippen LogP contribution in [0.25, 0.3) is 11.1 Å². The Bertz CT molecular complexity index is 664. The van der Waals surface area contributed by atoms with Gasteiger partial charge in [0.25, 0.3) is 0 Å². The molecule has 2 aromatic rings. The van der Waals surface area contributed by atoms with Gasteiger partial charge >= 0.3 is 5.97 Å². The SMILES string of the molecule is CCC(Nc1ccc2c(c1)Cc1ccccc1-2)C(=O)O. The van der Waals surface area contributed by atoms with Crippen molar-refractivity contribution in [2.75, 3.05) is 5.32 Å². The number of carbonyl (C=O) groups is 1. The number of hydrogen-bond donors (Lipinski definition) is 2. The first-order valence-corrected chi connectivity index (χ1v) is 6.89. The Morgan fingerprint density at radius 2 is 1.95 bits per heavy atom. The molecule has 0 fully saturated rings. The van der Waals surface area contributed by atoms with Crippen LogP contribution in [-0.2, 0) is 11.2 Å². The van der Waals surface area contributed by atoms with Crippen LogP contribution >= 0.6 is 0 Å². The number of aliphatic carboxylic acids is 1. The van der Waals surface area contributed by atoms with Gasteiger partial charge in [0.05, 0.1) is 0 Å². The molecule has 0 amide bonds. The first-order valence-electron chi connectivity index (χ1n) is 6.89. The van der Waals surface area contributed by atoms with Gasteiger partial charge in [-0.1, -0.05) is 37.3 Å². The van der Waals surface area contributed by atoms with Crippen LogP contribution in [0.5, 0.6) is 0 Å². The standard InChI is InChI=1S/C17H17NO2/c1-2-16(17(19)20)18-13-7-8-15-12(10-13)9-11-5-3-4-6-14(11)15/h3-8,10,16,18H,2,9H2,1H3,(H,19,20). The van der Waals surface area contributed by atoms with Gasteiger partial charge in [-0.05, 0) is 47.2 Å². The monoisotopic (exact) mass is 267 g/mol. The molecule has 0 saturated carbocycles. The van der Waals surface area contributed by atoms with Crippen molar-refractivity contribution < 1.29 is 9.90 Å². The number of benzene rings is 2. The van der Waals surface area contributed by atoms with E-state index in [1.165, 1.54) is 22.3 Å². The number of nitrogens with one attached hydrogen (secondary N) is 1. The summed E-state index contributed by atoms with van der Waals surface area (Å²) in [4.78, 5) is 11.1. The zero-order chi connectivity index (χ0) is 14.1. The van der Waals surface area contributed by atoms with Gasteiger partial charge in [-0.25, -0.2) is 4.79 Å². The van der Waals surface area contributed by atoms with E-state index < -0.39 is 12.0 Å². The fourth-order valence-electron chi connectivity index (χ4n) is 2.77. The quantitative estimate of drug-likeness (QED) is 0.760. The van der Waals surface area contributed by atoms with Crippen LogP contribution < -0.4 is 5.32 Å². The number of hydrogen-bond acceptors (Lipinski definition) is 2. The van der Waals surface area contributed by atoms with E-state index in [0.717, 1.165) is 12.1 Å². The lowest BCUT2D eigenvalue weighted by molar-refractivity contribution is -0.137. The molecule has 3 rings (SSSR count). The fourth-order valence-corrected chi connectivity index (χ4v) is 2.77. The highest BCUT2D eigenvalue weighted by Gasteiger charge is 2.19. The van der Waals surface area contributed by atoms with E-state index in [0.29, 0.717) is 6.42 Å². The first kappa shape index (κ1) is 12.7. The molecule has 3 heteroatoms. The van der Waals surface area contributed by atoms with E-state index >= 15 is 0 Å². The lowest BCUT2D eigenvalue weighted by Gasteiger charge is -2.14. The molecule has 1 aliphatic rings. The summed E-state index contributed by atoms with van der Waals surface area (Å²) < 4.78 is 0. The Morgan fingerprint density at radius 1 is 1.20 bits per heavy atom. The summed E-state index contributed by atoms with van der Waals surface area (Å²) >= 11 is 0. The second-order valence-corrected chi connectivity index (χ2v) is 5.15. The minimum atomic E-state index is -0.809. The Balaban J connectivity index is 1.89. The maximum Gasteiger partial charge on any atom is 0.326 e. The minimum absolute atomic E-state index is 0.531. The van der Waals surface area contributed by atoms with Crippen LogP contribution in [0.3, 0.4) is 0 Å². The second-order valence-electron chi connectivity index (χ2n) is 5.15. The number of carboxylic acid groups (broad SMARTS) is 1. The molecule has 1 aliphatic carbocycles. The lowest BCUT2D eigenvalue weighted by Crippen LogP contribution is -2.28. The lowest BCUT2D eigenvalue weighted by atomic mass is 10.1. The van der Waals surface area contributed by atoms with Gasteiger partial charge in [0.2, 0.25) is 0 Å². The summed E-state index contributed by atoms with van der Waals surface area (Å²) in [6.07, 6.45) is 1.48. The molecule has 0 bridgehead atoms. The van der Waals surface area contributed by atoms with E-state index in [9.17, 15) is 4.79 Å². The highest BCUT2D eigenvalue weighted by molar-refractivity contribution is 5.80. The van der Waals surface area contributed by atoms with E-state index in [2.05, 4.69) is 41.7 Å². The first-order chi connectivity index (χ1) is 9.69. The summed E-state index contributed by atoms with van der Waals surface area (Å²) in [7, 11) is 0. The molecule has 2 aromatic carbocycles. The average molecular weight is 267 g/mol. The van der Waals surface area contributed by atoms with E-state index in [4.69, 9.17) is 5.11 Å². The molecule has 1 atom stereocenters. The van der Waals surface area contributed by atoms with Crippen LogP contribution in [0, 0.1) is 0 Å². The maximum atomic E-state index is 11.1.